The fourth-order valence-electron chi connectivity index (χ4n) is 3.49. The van der Waals surface area contributed by atoms with Crippen LogP contribution in [0.15, 0.2) is 59.9 Å². The fraction of sp³-hybridized carbons (Fsp3) is 0.320. The van der Waals surface area contributed by atoms with Gasteiger partial charge < -0.3 is 9.84 Å². The summed E-state index contributed by atoms with van der Waals surface area (Å²) in [5.41, 5.74) is 0.908. The smallest absolute Gasteiger partial charge is 0.294 e. The van der Waals surface area contributed by atoms with E-state index in [1.54, 1.807) is 69.3 Å². The Balaban J connectivity index is 2.11. The highest BCUT2D eigenvalue weighted by Gasteiger charge is 2.46. The Kier molecular flexibility index (Phi) is 6.16. The van der Waals surface area contributed by atoms with Gasteiger partial charge in [0, 0.05) is 11.1 Å². The summed E-state index contributed by atoms with van der Waals surface area (Å²) in [5, 5.41) is 19.8. The number of rotatable bonds is 6. The van der Waals surface area contributed by atoms with Crippen LogP contribution in [-0.2, 0) is 9.59 Å². The summed E-state index contributed by atoms with van der Waals surface area (Å²) < 4.78 is 5.64. The zero-order valence-electron chi connectivity index (χ0n) is 18.2. The number of aliphatic hydroxyl groups is 1. The third kappa shape index (κ3) is 4.31. The molecular formula is C25H26N2O4. The largest absolute Gasteiger partial charge is 0.503 e. The van der Waals surface area contributed by atoms with Crippen molar-refractivity contribution >= 4 is 17.4 Å². The molecule has 31 heavy (non-hydrogen) atoms. The third-order valence-electron chi connectivity index (χ3n) is 5.08. The van der Waals surface area contributed by atoms with Gasteiger partial charge in [-0.1, -0.05) is 39.8 Å². The number of nitriles is 1. The molecule has 3 rings (SSSR count). The van der Waals surface area contributed by atoms with Crippen LogP contribution in [0.3, 0.4) is 0 Å². The van der Waals surface area contributed by atoms with Gasteiger partial charge in [0.15, 0.2) is 11.5 Å². The van der Waals surface area contributed by atoms with Crippen LogP contribution in [-0.4, -0.2) is 23.4 Å². The second-order valence-corrected chi connectivity index (χ2v) is 8.50. The van der Waals surface area contributed by atoms with Crippen LogP contribution in [0, 0.1) is 16.7 Å². The van der Waals surface area contributed by atoms with Gasteiger partial charge >= 0.3 is 0 Å². The molecule has 2 aromatic rings. The first-order valence-corrected chi connectivity index (χ1v) is 10.2. The summed E-state index contributed by atoms with van der Waals surface area (Å²) in [6.07, 6.45) is 0.881. The molecule has 6 nitrogen and oxygen atoms in total. The van der Waals surface area contributed by atoms with E-state index in [4.69, 9.17) is 10.00 Å². The number of hydrogen-bond donors (Lipinski definition) is 1. The lowest BCUT2D eigenvalue weighted by molar-refractivity contribution is -0.123. The average Bonchev–Trinajstić information content (AvgIpc) is 3.02. The minimum absolute atomic E-state index is 0.0732. The van der Waals surface area contributed by atoms with Crippen LogP contribution in [0.4, 0.5) is 5.69 Å². The average molecular weight is 418 g/mol. The first kappa shape index (κ1) is 22.1. The predicted octanol–water partition coefficient (Wildman–Crippen LogP) is 4.86. The highest BCUT2D eigenvalue weighted by molar-refractivity contribution is 6.17. The van der Waals surface area contributed by atoms with Crippen molar-refractivity contribution in [2.75, 3.05) is 11.5 Å². The molecule has 0 aromatic heterocycles. The third-order valence-corrected chi connectivity index (χ3v) is 5.08. The second-order valence-electron chi connectivity index (χ2n) is 8.50. The molecule has 1 aliphatic heterocycles. The number of anilines is 1. The molecule has 1 amide bonds. The molecule has 160 valence electrons. The number of carbonyl (C=O) groups excluding carboxylic acids is 2. The van der Waals surface area contributed by atoms with Crippen LogP contribution in [0.1, 0.15) is 51.3 Å². The van der Waals surface area contributed by atoms with Crippen molar-refractivity contribution in [3.05, 3.63) is 71.0 Å². The summed E-state index contributed by atoms with van der Waals surface area (Å²) in [4.78, 5) is 27.7. The maximum atomic E-state index is 13.2. The molecular weight excluding hydrogens is 392 g/mol. The first-order chi connectivity index (χ1) is 14.7. The molecule has 6 heteroatoms. The summed E-state index contributed by atoms with van der Waals surface area (Å²) in [5.74, 6) is -0.795. The molecule has 0 aliphatic carbocycles. The molecule has 0 spiro atoms. The molecule has 0 saturated heterocycles. The Labute approximate surface area is 182 Å². The minimum atomic E-state index is -0.785. The van der Waals surface area contributed by atoms with Crippen molar-refractivity contribution in [3.63, 3.8) is 0 Å². The van der Waals surface area contributed by atoms with Crippen molar-refractivity contribution in [1.82, 2.24) is 0 Å². The maximum Gasteiger partial charge on any atom is 0.294 e. The molecule has 0 bridgehead atoms. The number of carbonyl (C=O) groups is 2. The Morgan fingerprint density at radius 3 is 2.26 bits per heavy atom. The summed E-state index contributed by atoms with van der Waals surface area (Å²) in [6, 6.07) is 14.9. The number of ether oxygens (including phenoxy) is 1. The number of aliphatic hydroxyl groups excluding tert-OH is 1. The van der Waals surface area contributed by atoms with E-state index >= 15 is 0 Å². The minimum Gasteiger partial charge on any atom is -0.503 e. The Morgan fingerprint density at radius 1 is 1.13 bits per heavy atom. The number of hydrogen-bond acceptors (Lipinski definition) is 5. The Bertz CT molecular complexity index is 1050. The van der Waals surface area contributed by atoms with E-state index < -0.39 is 23.1 Å². The van der Waals surface area contributed by atoms with E-state index in [-0.39, 0.29) is 11.4 Å². The second kappa shape index (κ2) is 8.65. The van der Waals surface area contributed by atoms with E-state index in [1.165, 1.54) is 4.90 Å². The van der Waals surface area contributed by atoms with E-state index in [0.29, 0.717) is 29.2 Å². The van der Waals surface area contributed by atoms with Crippen molar-refractivity contribution in [1.29, 1.82) is 5.26 Å². The van der Waals surface area contributed by atoms with Crippen molar-refractivity contribution in [2.45, 2.75) is 40.2 Å². The number of nitrogens with zero attached hydrogens (tertiary/aromatic N) is 2. The standard InChI is InChI=1S/C25H26N2O4/c1-5-14-31-19-12-8-17(9-13-19)21-20(23(29)25(2,3)4)22(28)24(30)27(21)18-10-6-16(15-26)7-11-18/h6-13,21,28H,5,14H2,1-4H3. The number of Topliss-reactive ketones (excluding diaryl/α,β-unsaturated/α-hetero) is 1. The molecule has 2 aromatic carbocycles. The summed E-state index contributed by atoms with van der Waals surface area (Å²) >= 11 is 0. The lowest BCUT2D eigenvalue weighted by Gasteiger charge is -2.29. The van der Waals surface area contributed by atoms with Gasteiger partial charge in [0.2, 0.25) is 0 Å². The van der Waals surface area contributed by atoms with Gasteiger partial charge in [-0.3, -0.25) is 14.5 Å². The molecule has 1 heterocycles. The van der Waals surface area contributed by atoms with Crippen LogP contribution >= 0.6 is 0 Å². The van der Waals surface area contributed by atoms with Gasteiger partial charge in [0.05, 0.1) is 29.9 Å². The molecule has 1 aliphatic rings. The fourth-order valence-corrected chi connectivity index (χ4v) is 3.49. The lowest BCUT2D eigenvalue weighted by atomic mass is 9.82. The molecule has 0 saturated carbocycles. The van der Waals surface area contributed by atoms with Crippen LogP contribution < -0.4 is 9.64 Å². The molecule has 1 N–H and O–H groups in total. The quantitative estimate of drug-likeness (QED) is 0.723. The summed E-state index contributed by atoms with van der Waals surface area (Å²) in [7, 11) is 0. The molecule has 1 unspecified atom stereocenters. The van der Waals surface area contributed by atoms with E-state index in [1.807, 2.05) is 13.0 Å². The van der Waals surface area contributed by atoms with Crippen molar-refractivity contribution in [3.8, 4) is 11.8 Å². The van der Waals surface area contributed by atoms with Gasteiger partial charge in [0.1, 0.15) is 5.75 Å². The van der Waals surface area contributed by atoms with Gasteiger partial charge in [-0.25, -0.2) is 0 Å². The SMILES string of the molecule is CCCOc1ccc(C2C(C(=O)C(C)(C)C)=C(O)C(=O)N2c2ccc(C#N)cc2)cc1. The van der Waals surface area contributed by atoms with Crippen LogP contribution in [0.2, 0.25) is 0 Å². The van der Waals surface area contributed by atoms with E-state index in [0.717, 1.165) is 6.42 Å². The molecule has 0 radical (unpaired) electrons. The highest BCUT2D eigenvalue weighted by Crippen LogP contribution is 2.43. The highest BCUT2D eigenvalue weighted by atomic mass is 16.5. The zero-order valence-corrected chi connectivity index (χ0v) is 18.2. The Hall–Kier alpha value is -3.59. The van der Waals surface area contributed by atoms with Crippen molar-refractivity contribution < 1.29 is 19.4 Å². The number of amides is 1. The lowest BCUT2D eigenvalue weighted by Crippen LogP contribution is -2.32. The normalized spacial score (nSPS) is 16.4. The number of benzene rings is 2. The number of ketones is 1. The zero-order chi connectivity index (χ0) is 22.8. The van der Waals surface area contributed by atoms with Crippen LogP contribution in [0.5, 0.6) is 5.75 Å². The van der Waals surface area contributed by atoms with E-state index in [9.17, 15) is 14.7 Å². The van der Waals surface area contributed by atoms with Gasteiger partial charge in [-0.2, -0.15) is 5.26 Å². The topological polar surface area (TPSA) is 90.6 Å². The molecule has 0 fully saturated rings. The van der Waals surface area contributed by atoms with Crippen molar-refractivity contribution in [2.24, 2.45) is 5.41 Å². The predicted molar refractivity (Wildman–Crippen MR) is 118 cm³/mol. The Morgan fingerprint density at radius 2 is 1.74 bits per heavy atom. The monoisotopic (exact) mass is 418 g/mol. The van der Waals surface area contributed by atoms with Gasteiger partial charge in [-0.15, -0.1) is 0 Å². The molecule has 1 atom stereocenters. The summed E-state index contributed by atoms with van der Waals surface area (Å²) in [6.45, 7) is 7.87. The van der Waals surface area contributed by atoms with Crippen LogP contribution in [0.25, 0.3) is 0 Å². The maximum absolute atomic E-state index is 13.2. The van der Waals surface area contributed by atoms with Gasteiger partial charge in [-0.05, 0) is 48.4 Å². The first-order valence-electron chi connectivity index (χ1n) is 10.2. The van der Waals surface area contributed by atoms with Gasteiger partial charge in [0.25, 0.3) is 5.91 Å². The van der Waals surface area contributed by atoms with E-state index in [2.05, 4.69) is 0 Å².